The molecule has 0 amide bonds. The molecule has 0 unspecified atom stereocenters. The molecule has 4 heteroatoms. The highest BCUT2D eigenvalue weighted by Gasteiger charge is 2.11. The Morgan fingerprint density at radius 3 is 1.95 bits per heavy atom. The van der Waals surface area contributed by atoms with Gasteiger partial charge in [0.25, 0.3) is 0 Å². The van der Waals surface area contributed by atoms with E-state index in [1.807, 2.05) is 6.08 Å². The number of esters is 1. The summed E-state index contributed by atoms with van der Waals surface area (Å²) in [7, 11) is 1.18. The second-order valence-corrected chi connectivity index (χ2v) is 5.35. The minimum atomic E-state index is -0.962. The lowest BCUT2D eigenvalue weighted by Crippen LogP contribution is -2.12. The highest BCUT2D eigenvalue weighted by Crippen LogP contribution is 2.11. The van der Waals surface area contributed by atoms with Crippen molar-refractivity contribution < 1.29 is 19.1 Å². The number of unbranched alkanes of at least 4 members (excludes halogenated alkanes) is 9. The van der Waals surface area contributed by atoms with Gasteiger partial charge in [0.15, 0.2) is 0 Å². The van der Waals surface area contributed by atoms with Crippen LogP contribution >= 0.6 is 0 Å². The molecule has 0 aliphatic heterocycles. The molecule has 0 heterocycles. The van der Waals surface area contributed by atoms with Gasteiger partial charge in [0, 0.05) is 5.57 Å². The van der Waals surface area contributed by atoms with E-state index in [4.69, 9.17) is 0 Å². The molecule has 0 aliphatic rings. The van der Waals surface area contributed by atoms with Crippen LogP contribution in [0.5, 0.6) is 0 Å². The number of ether oxygens (including phenoxy) is 2. The molecule has 0 bridgehead atoms. The van der Waals surface area contributed by atoms with Gasteiger partial charge in [-0.25, -0.2) is 9.59 Å². The Hall–Kier alpha value is -1.32. The third-order valence-corrected chi connectivity index (χ3v) is 3.42. The molecule has 0 saturated heterocycles. The zero-order valence-electron chi connectivity index (χ0n) is 13.8. The van der Waals surface area contributed by atoms with Crippen LogP contribution in [0.3, 0.4) is 0 Å². The quantitative estimate of drug-likeness (QED) is 0.229. The topological polar surface area (TPSA) is 52.6 Å². The Balaban J connectivity index is 3.53. The van der Waals surface area contributed by atoms with E-state index in [9.17, 15) is 9.59 Å². The molecular weight excluding hydrogens is 268 g/mol. The van der Waals surface area contributed by atoms with Crippen LogP contribution in [0.1, 0.15) is 78.1 Å². The summed E-state index contributed by atoms with van der Waals surface area (Å²) in [5, 5.41) is 0. The monoisotopic (exact) mass is 298 g/mol. The molecule has 21 heavy (non-hydrogen) atoms. The summed E-state index contributed by atoms with van der Waals surface area (Å²) >= 11 is 0. The van der Waals surface area contributed by atoms with Gasteiger partial charge in [-0.05, 0) is 19.8 Å². The first kappa shape index (κ1) is 19.7. The van der Waals surface area contributed by atoms with E-state index >= 15 is 0 Å². The number of allylic oxidation sites excluding steroid dienone is 1. The van der Waals surface area contributed by atoms with E-state index < -0.39 is 12.1 Å². The van der Waals surface area contributed by atoms with E-state index in [0.717, 1.165) is 12.8 Å². The lowest BCUT2D eigenvalue weighted by molar-refractivity contribution is -0.135. The second-order valence-electron chi connectivity index (χ2n) is 5.35. The van der Waals surface area contributed by atoms with E-state index in [-0.39, 0.29) is 0 Å². The molecule has 0 aromatic heterocycles. The third kappa shape index (κ3) is 12.2. The number of rotatable bonds is 11. The van der Waals surface area contributed by atoms with Crippen molar-refractivity contribution in [2.45, 2.75) is 78.1 Å². The summed E-state index contributed by atoms with van der Waals surface area (Å²) in [4.78, 5) is 22.2. The molecule has 122 valence electrons. The molecule has 0 aliphatic carbocycles. The van der Waals surface area contributed by atoms with Crippen molar-refractivity contribution in [3.8, 4) is 0 Å². The van der Waals surface area contributed by atoms with E-state index in [1.54, 1.807) is 6.92 Å². The van der Waals surface area contributed by atoms with Gasteiger partial charge < -0.3 is 9.47 Å². The zero-order valence-corrected chi connectivity index (χ0v) is 13.8. The fraction of sp³-hybridized carbons (Fsp3) is 0.765. The maximum atomic E-state index is 11.4. The van der Waals surface area contributed by atoms with E-state index in [1.165, 1.54) is 58.5 Å². The van der Waals surface area contributed by atoms with Crippen molar-refractivity contribution in [1.29, 1.82) is 0 Å². The average Bonchev–Trinajstić information content (AvgIpc) is 2.48. The lowest BCUT2D eigenvalue weighted by Gasteiger charge is -2.02. The fourth-order valence-corrected chi connectivity index (χ4v) is 2.05. The standard InChI is InChI=1S/C17H30O4/c1-4-5-6-7-8-9-10-11-12-13-14-15(2)16(18)21-17(19)20-3/h14H,4-13H2,1-3H3. The first-order chi connectivity index (χ1) is 10.1. The number of hydrogen-bond donors (Lipinski definition) is 0. The van der Waals surface area contributed by atoms with Gasteiger partial charge in [0.2, 0.25) is 0 Å². The third-order valence-electron chi connectivity index (χ3n) is 3.42. The minimum Gasteiger partial charge on any atom is -0.437 e. The Bertz CT molecular complexity index is 321. The van der Waals surface area contributed by atoms with Crippen LogP contribution in [0.15, 0.2) is 11.6 Å². The zero-order chi connectivity index (χ0) is 15.9. The van der Waals surface area contributed by atoms with Crippen LogP contribution in [0.2, 0.25) is 0 Å². The highest BCUT2D eigenvalue weighted by molar-refractivity contribution is 5.93. The first-order valence-corrected chi connectivity index (χ1v) is 8.08. The highest BCUT2D eigenvalue weighted by atomic mass is 16.7. The summed E-state index contributed by atoms with van der Waals surface area (Å²) in [6.45, 7) is 3.88. The Morgan fingerprint density at radius 1 is 0.905 bits per heavy atom. The molecule has 0 aromatic carbocycles. The molecule has 0 N–H and O–H groups in total. The molecule has 0 fully saturated rings. The molecule has 0 radical (unpaired) electrons. The number of carbonyl (C=O) groups excluding carboxylic acids is 2. The van der Waals surface area contributed by atoms with E-state index in [0.29, 0.717) is 5.57 Å². The van der Waals surface area contributed by atoms with Gasteiger partial charge >= 0.3 is 12.1 Å². The SMILES string of the molecule is CCCCCCCCCCCC=C(C)C(=O)OC(=O)OC. The summed E-state index contributed by atoms with van der Waals surface area (Å²) in [5.74, 6) is -0.627. The smallest absolute Gasteiger partial charge is 0.437 e. The Morgan fingerprint density at radius 2 is 1.43 bits per heavy atom. The summed E-state index contributed by atoms with van der Waals surface area (Å²) in [6.07, 6.45) is 13.2. The van der Waals surface area contributed by atoms with Gasteiger partial charge in [-0.1, -0.05) is 64.4 Å². The second kappa shape index (κ2) is 13.7. The van der Waals surface area contributed by atoms with Crippen molar-refractivity contribution in [3.63, 3.8) is 0 Å². The molecule has 0 atom stereocenters. The van der Waals surface area contributed by atoms with Gasteiger partial charge in [-0.15, -0.1) is 0 Å². The summed E-state index contributed by atoms with van der Waals surface area (Å²) < 4.78 is 8.70. The number of carbonyl (C=O) groups is 2. The van der Waals surface area contributed by atoms with Gasteiger partial charge in [-0.3, -0.25) is 0 Å². The Labute approximate surface area is 128 Å². The predicted octanol–water partition coefficient (Wildman–Crippen LogP) is 5.16. The molecular formula is C17H30O4. The summed E-state index contributed by atoms with van der Waals surface area (Å²) in [6, 6.07) is 0. The van der Waals surface area contributed by atoms with Gasteiger partial charge in [0.1, 0.15) is 0 Å². The molecule has 0 spiro atoms. The van der Waals surface area contributed by atoms with Crippen LogP contribution in [0.25, 0.3) is 0 Å². The Kier molecular flexibility index (Phi) is 12.8. The minimum absolute atomic E-state index is 0.458. The molecule has 0 rings (SSSR count). The molecule has 4 nitrogen and oxygen atoms in total. The summed E-state index contributed by atoms with van der Waals surface area (Å²) in [5.41, 5.74) is 0.458. The first-order valence-electron chi connectivity index (χ1n) is 8.08. The largest absolute Gasteiger partial charge is 0.516 e. The average molecular weight is 298 g/mol. The van der Waals surface area contributed by atoms with Crippen molar-refractivity contribution in [1.82, 2.24) is 0 Å². The van der Waals surface area contributed by atoms with E-state index in [2.05, 4.69) is 16.4 Å². The molecule has 0 aromatic rings. The van der Waals surface area contributed by atoms with Crippen molar-refractivity contribution in [2.24, 2.45) is 0 Å². The van der Waals surface area contributed by atoms with Crippen LogP contribution < -0.4 is 0 Å². The van der Waals surface area contributed by atoms with Crippen molar-refractivity contribution in [2.75, 3.05) is 7.11 Å². The maximum absolute atomic E-state index is 11.4. The lowest BCUT2D eigenvalue weighted by atomic mass is 10.1. The van der Waals surface area contributed by atoms with Crippen LogP contribution in [0.4, 0.5) is 4.79 Å². The number of hydrogen-bond acceptors (Lipinski definition) is 4. The fourth-order valence-electron chi connectivity index (χ4n) is 2.05. The number of methoxy groups -OCH3 is 1. The van der Waals surface area contributed by atoms with Crippen LogP contribution in [0, 0.1) is 0 Å². The van der Waals surface area contributed by atoms with Crippen LogP contribution in [-0.2, 0) is 14.3 Å². The maximum Gasteiger partial charge on any atom is 0.516 e. The van der Waals surface area contributed by atoms with Gasteiger partial charge in [0.05, 0.1) is 7.11 Å². The van der Waals surface area contributed by atoms with Crippen molar-refractivity contribution >= 4 is 12.1 Å². The normalized spacial score (nSPS) is 11.3. The van der Waals surface area contributed by atoms with Crippen LogP contribution in [-0.4, -0.2) is 19.2 Å². The van der Waals surface area contributed by atoms with Gasteiger partial charge in [-0.2, -0.15) is 0 Å². The molecule has 0 saturated carbocycles. The van der Waals surface area contributed by atoms with Crippen molar-refractivity contribution in [3.05, 3.63) is 11.6 Å². The predicted molar refractivity (Wildman–Crippen MR) is 84.1 cm³/mol.